The average molecular weight is 673 g/mol. The SMILES string of the molecule is O=c1c2ccc3c4ccc5c(=O)n6c7cc8cc(F)ccc8cc7nc6c6ccc(c7ccc(c2c37)c2nc3cc7ccc(F)cc7cc3n12)c4c56. The lowest BCUT2D eigenvalue weighted by molar-refractivity contribution is 0.629. The van der Waals surface area contributed by atoms with Crippen molar-refractivity contribution >= 4 is 120 Å². The molecule has 13 aromatic rings. The Bertz CT molecular complexity index is 3670. The Hall–Kier alpha value is -7.06. The van der Waals surface area contributed by atoms with Crippen LogP contribution in [0.2, 0.25) is 0 Å². The number of halogens is 2. The second-order valence-electron chi connectivity index (χ2n) is 14.0. The second kappa shape index (κ2) is 8.62. The van der Waals surface area contributed by atoms with Gasteiger partial charge in [-0.05, 0) is 127 Å². The molecular formula is C44H18F2N4O2. The molecule has 52 heavy (non-hydrogen) atoms. The van der Waals surface area contributed by atoms with E-state index in [2.05, 4.69) is 12.1 Å². The summed E-state index contributed by atoms with van der Waals surface area (Å²) in [6.07, 6.45) is 0. The van der Waals surface area contributed by atoms with Gasteiger partial charge in [0, 0.05) is 32.3 Å². The Morgan fingerprint density at radius 1 is 0.385 bits per heavy atom. The topological polar surface area (TPSA) is 68.7 Å². The molecule has 0 saturated carbocycles. The number of pyridine rings is 2. The Balaban J connectivity index is 1.18. The maximum Gasteiger partial charge on any atom is 0.264 e. The van der Waals surface area contributed by atoms with Gasteiger partial charge in [-0.25, -0.2) is 18.7 Å². The molecule has 0 aliphatic heterocycles. The zero-order valence-electron chi connectivity index (χ0n) is 26.8. The zero-order chi connectivity index (χ0) is 34.3. The van der Waals surface area contributed by atoms with E-state index in [1.165, 1.54) is 24.3 Å². The number of nitrogens with zero attached hydrogens (tertiary/aromatic N) is 4. The molecule has 8 heteroatoms. The highest BCUT2D eigenvalue weighted by molar-refractivity contribution is 6.40. The quantitative estimate of drug-likeness (QED) is 0.119. The van der Waals surface area contributed by atoms with Crippen LogP contribution in [0.3, 0.4) is 0 Å². The summed E-state index contributed by atoms with van der Waals surface area (Å²) in [7, 11) is 0. The van der Waals surface area contributed by atoms with Crippen LogP contribution in [0, 0.1) is 11.6 Å². The van der Waals surface area contributed by atoms with E-state index in [0.717, 1.165) is 64.6 Å². The molecule has 13 rings (SSSR count). The highest BCUT2D eigenvalue weighted by atomic mass is 19.1. The van der Waals surface area contributed by atoms with Crippen molar-refractivity contribution in [3.63, 3.8) is 0 Å². The van der Waals surface area contributed by atoms with Crippen LogP contribution < -0.4 is 11.1 Å². The predicted molar refractivity (Wildman–Crippen MR) is 205 cm³/mol. The number of benzene rings is 9. The van der Waals surface area contributed by atoms with Crippen LogP contribution >= 0.6 is 0 Å². The molecule has 0 bridgehead atoms. The van der Waals surface area contributed by atoms with Crippen molar-refractivity contribution in [2.24, 2.45) is 0 Å². The molecule has 0 aliphatic carbocycles. The van der Waals surface area contributed by atoms with Crippen molar-refractivity contribution in [3.8, 4) is 0 Å². The van der Waals surface area contributed by atoms with Crippen molar-refractivity contribution in [3.05, 3.63) is 142 Å². The van der Waals surface area contributed by atoms with E-state index in [1.54, 1.807) is 20.9 Å². The lowest BCUT2D eigenvalue weighted by Gasteiger charge is -2.18. The summed E-state index contributed by atoms with van der Waals surface area (Å²) in [5.41, 5.74) is 3.36. The van der Waals surface area contributed by atoms with E-state index in [4.69, 9.17) is 9.97 Å². The third-order valence-corrected chi connectivity index (χ3v) is 11.4. The first-order chi connectivity index (χ1) is 25.4. The predicted octanol–water partition coefficient (Wildman–Crippen LogP) is 9.83. The summed E-state index contributed by atoms with van der Waals surface area (Å²) in [4.78, 5) is 38.7. The molecule has 0 fully saturated rings. The number of hydrogen-bond acceptors (Lipinski definition) is 4. The van der Waals surface area contributed by atoms with Crippen molar-refractivity contribution < 1.29 is 8.78 Å². The molecule has 0 saturated heterocycles. The van der Waals surface area contributed by atoms with Gasteiger partial charge in [-0.3, -0.25) is 18.4 Å². The molecule has 4 heterocycles. The molecule has 9 aromatic carbocycles. The third-order valence-electron chi connectivity index (χ3n) is 11.4. The summed E-state index contributed by atoms with van der Waals surface area (Å²) in [6.45, 7) is 0. The van der Waals surface area contributed by atoms with Gasteiger partial charge in [-0.1, -0.05) is 36.4 Å². The van der Waals surface area contributed by atoms with Gasteiger partial charge in [0.2, 0.25) is 0 Å². The van der Waals surface area contributed by atoms with Gasteiger partial charge in [0.25, 0.3) is 11.1 Å². The van der Waals surface area contributed by atoms with E-state index in [1.807, 2.05) is 60.7 Å². The molecule has 4 aromatic heterocycles. The molecule has 240 valence electrons. The van der Waals surface area contributed by atoms with Gasteiger partial charge >= 0.3 is 0 Å². The van der Waals surface area contributed by atoms with Crippen LogP contribution in [-0.4, -0.2) is 18.8 Å². The zero-order valence-corrected chi connectivity index (χ0v) is 26.8. The third kappa shape index (κ3) is 2.99. The molecular weight excluding hydrogens is 655 g/mol. The molecule has 0 unspecified atom stereocenters. The molecule has 0 N–H and O–H groups in total. The molecule has 0 atom stereocenters. The Kier molecular flexibility index (Phi) is 4.44. The van der Waals surface area contributed by atoms with Crippen molar-refractivity contribution in [1.82, 2.24) is 18.8 Å². The van der Waals surface area contributed by atoms with Gasteiger partial charge in [-0.2, -0.15) is 0 Å². The lowest BCUT2D eigenvalue weighted by Crippen LogP contribution is -2.14. The van der Waals surface area contributed by atoms with E-state index in [0.29, 0.717) is 54.9 Å². The van der Waals surface area contributed by atoms with E-state index in [9.17, 15) is 18.4 Å². The molecule has 6 nitrogen and oxygen atoms in total. The number of hydrogen-bond donors (Lipinski definition) is 0. The maximum absolute atomic E-state index is 14.4. The number of rotatable bonds is 0. The van der Waals surface area contributed by atoms with Crippen LogP contribution in [0.25, 0.3) is 120 Å². The van der Waals surface area contributed by atoms with Crippen LogP contribution in [0.4, 0.5) is 8.78 Å². The van der Waals surface area contributed by atoms with Crippen molar-refractivity contribution in [2.75, 3.05) is 0 Å². The minimum absolute atomic E-state index is 0.180. The molecule has 0 aliphatic rings. The fourth-order valence-electron chi connectivity index (χ4n) is 9.21. The van der Waals surface area contributed by atoms with Crippen molar-refractivity contribution in [1.29, 1.82) is 0 Å². The minimum atomic E-state index is -0.337. The van der Waals surface area contributed by atoms with Gasteiger partial charge in [0.15, 0.2) is 0 Å². The Morgan fingerprint density at radius 3 is 1.17 bits per heavy atom. The van der Waals surface area contributed by atoms with E-state index >= 15 is 0 Å². The Morgan fingerprint density at radius 2 is 0.750 bits per heavy atom. The highest BCUT2D eigenvalue weighted by Gasteiger charge is 2.24. The first-order valence-corrected chi connectivity index (χ1v) is 17.0. The number of imidazole rings is 2. The van der Waals surface area contributed by atoms with Gasteiger partial charge in [0.05, 0.1) is 22.1 Å². The summed E-state index contributed by atoms with van der Waals surface area (Å²) in [5, 5.41) is 13.5. The smallest absolute Gasteiger partial charge is 0.264 e. The van der Waals surface area contributed by atoms with Crippen LogP contribution in [-0.2, 0) is 0 Å². The fraction of sp³-hybridized carbons (Fsp3) is 0. The highest BCUT2D eigenvalue weighted by Crippen LogP contribution is 2.46. The Labute approximate surface area is 288 Å². The first kappa shape index (κ1) is 26.8. The summed E-state index contributed by atoms with van der Waals surface area (Å²) >= 11 is 0. The largest absolute Gasteiger partial charge is 0.268 e. The van der Waals surface area contributed by atoms with Crippen LogP contribution in [0.5, 0.6) is 0 Å². The first-order valence-electron chi connectivity index (χ1n) is 17.0. The second-order valence-corrected chi connectivity index (χ2v) is 14.0. The number of fused-ring (bicyclic) bond motifs is 12. The molecule has 0 radical (unpaired) electrons. The van der Waals surface area contributed by atoms with Gasteiger partial charge < -0.3 is 0 Å². The summed E-state index contributed by atoms with van der Waals surface area (Å²) in [6, 6.07) is 32.8. The summed E-state index contributed by atoms with van der Waals surface area (Å²) < 4.78 is 31.6. The monoisotopic (exact) mass is 672 g/mol. The van der Waals surface area contributed by atoms with E-state index < -0.39 is 0 Å². The average Bonchev–Trinajstić information content (AvgIpc) is 3.72. The van der Waals surface area contributed by atoms with Crippen LogP contribution in [0.1, 0.15) is 0 Å². The van der Waals surface area contributed by atoms with Crippen molar-refractivity contribution in [2.45, 2.75) is 0 Å². The van der Waals surface area contributed by atoms with Gasteiger partial charge in [0.1, 0.15) is 22.9 Å². The molecule has 0 amide bonds. The van der Waals surface area contributed by atoms with E-state index in [-0.39, 0.29) is 22.8 Å². The summed E-state index contributed by atoms with van der Waals surface area (Å²) in [5.74, 6) is -0.674. The maximum atomic E-state index is 14.4. The minimum Gasteiger partial charge on any atom is -0.268 e. The fourth-order valence-corrected chi connectivity index (χ4v) is 9.21. The lowest BCUT2D eigenvalue weighted by atomic mass is 9.86. The molecule has 0 spiro atoms. The number of aromatic nitrogens is 4. The van der Waals surface area contributed by atoms with Gasteiger partial charge in [-0.15, -0.1) is 0 Å². The van der Waals surface area contributed by atoms with Crippen LogP contribution in [0.15, 0.2) is 119 Å². The normalized spacial score (nSPS) is 13.0. The standard InChI is InChI=1S/C44H18F2N4O2/c45-23-3-1-19-15-33-35(17-21(19)13-23)49-41(47-33)29-9-5-25-26-6-10-30-40-32(12-8-28(38(26)40)27-7-11-31(43(49)51)39(29)37(25)27)44(52)50-36-18-22-14-24(46)4-2-20(22)16-34(36)48-42(30)50/h1-18H.